The molecule has 1 aliphatic rings. The summed E-state index contributed by atoms with van der Waals surface area (Å²) in [5, 5.41) is 7.00. The van der Waals surface area contributed by atoms with Gasteiger partial charge in [-0.2, -0.15) is 0 Å². The van der Waals surface area contributed by atoms with Gasteiger partial charge in [-0.25, -0.2) is 0 Å². The highest BCUT2D eigenvalue weighted by Crippen LogP contribution is 2.05. The first-order chi connectivity index (χ1) is 8.79. The molecule has 0 aliphatic carbocycles. The third-order valence-electron chi connectivity index (χ3n) is 3.78. The number of benzene rings is 1. The summed E-state index contributed by atoms with van der Waals surface area (Å²) < 4.78 is 0. The Labute approximate surface area is 111 Å². The van der Waals surface area contributed by atoms with E-state index in [1.165, 1.54) is 11.1 Å². The first-order valence-electron chi connectivity index (χ1n) is 6.99. The lowest BCUT2D eigenvalue weighted by Gasteiger charge is -2.33. The van der Waals surface area contributed by atoms with Crippen LogP contribution in [0.2, 0.25) is 0 Å². The predicted octanol–water partition coefficient (Wildman–Crippen LogP) is 1.24. The fourth-order valence-electron chi connectivity index (χ4n) is 2.37. The maximum absolute atomic E-state index is 3.56. The Balaban J connectivity index is 1.73. The van der Waals surface area contributed by atoms with Crippen LogP contribution in [0.1, 0.15) is 18.1 Å². The molecule has 0 spiro atoms. The third kappa shape index (κ3) is 3.80. The SMILES string of the molecule is CCc1ccc(CNCC2CNCCN2C)cc1. The van der Waals surface area contributed by atoms with Gasteiger partial charge >= 0.3 is 0 Å². The van der Waals surface area contributed by atoms with Crippen molar-refractivity contribution >= 4 is 0 Å². The van der Waals surface area contributed by atoms with E-state index in [1.54, 1.807) is 0 Å². The van der Waals surface area contributed by atoms with Crippen LogP contribution in [0.3, 0.4) is 0 Å². The van der Waals surface area contributed by atoms with Crippen LogP contribution >= 0.6 is 0 Å². The molecular weight excluding hydrogens is 222 g/mol. The summed E-state index contributed by atoms with van der Waals surface area (Å²) >= 11 is 0. The Hall–Kier alpha value is -0.900. The molecule has 1 aromatic rings. The van der Waals surface area contributed by atoms with Crippen LogP contribution in [-0.4, -0.2) is 44.2 Å². The van der Waals surface area contributed by atoms with Crippen molar-refractivity contribution in [1.29, 1.82) is 0 Å². The molecule has 0 aromatic heterocycles. The van der Waals surface area contributed by atoms with Gasteiger partial charge in [0.1, 0.15) is 0 Å². The smallest absolute Gasteiger partial charge is 0.0342 e. The zero-order valence-electron chi connectivity index (χ0n) is 11.6. The van der Waals surface area contributed by atoms with Crippen molar-refractivity contribution < 1.29 is 0 Å². The molecule has 0 radical (unpaired) electrons. The van der Waals surface area contributed by atoms with Crippen LogP contribution in [0.4, 0.5) is 0 Å². The molecular formula is C15H25N3. The van der Waals surface area contributed by atoms with Gasteiger partial charge in [-0.15, -0.1) is 0 Å². The maximum atomic E-state index is 3.56. The number of hydrogen-bond acceptors (Lipinski definition) is 3. The Morgan fingerprint density at radius 1 is 1.28 bits per heavy atom. The molecule has 1 aromatic carbocycles. The maximum Gasteiger partial charge on any atom is 0.0342 e. The van der Waals surface area contributed by atoms with E-state index >= 15 is 0 Å². The molecule has 3 nitrogen and oxygen atoms in total. The second kappa shape index (κ2) is 6.88. The molecule has 1 fully saturated rings. The van der Waals surface area contributed by atoms with Crippen LogP contribution in [0, 0.1) is 0 Å². The van der Waals surface area contributed by atoms with Crippen LogP contribution in [0.15, 0.2) is 24.3 Å². The lowest BCUT2D eigenvalue weighted by Crippen LogP contribution is -2.53. The summed E-state index contributed by atoms with van der Waals surface area (Å²) in [6.45, 7) is 7.58. The number of aryl methyl sites for hydroxylation is 1. The van der Waals surface area contributed by atoms with Gasteiger partial charge in [0.25, 0.3) is 0 Å². The molecule has 1 aliphatic heterocycles. The number of likely N-dealkylation sites (N-methyl/N-ethyl adjacent to an activating group) is 1. The first-order valence-corrected chi connectivity index (χ1v) is 6.99. The summed E-state index contributed by atoms with van der Waals surface area (Å²) in [7, 11) is 2.21. The van der Waals surface area contributed by atoms with E-state index in [0.29, 0.717) is 6.04 Å². The predicted molar refractivity (Wildman–Crippen MR) is 76.8 cm³/mol. The molecule has 1 heterocycles. The van der Waals surface area contributed by atoms with Crippen LogP contribution in [0.5, 0.6) is 0 Å². The summed E-state index contributed by atoms with van der Waals surface area (Å²) in [5.41, 5.74) is 2.79. The highest BCUT2D eigenvalue weighted by Gasteiger charge is 2.17. The number of piperazine rings is 1. The van der Waals surface area contributed by atoms with Crippen LogP contribution in [-0.2, 0) is 13.0 Å². The van der Waals surface area contributed by atoms with Gasteiger partial charge < -0.3 is 10.6 Å². The van der Waals surface area contributed by atoms with Crippen LogP contribution in [0.25, 0.3) is 0 Å². The van der Waals surface area contributed by atoms with E-state index in [0.717, 1.165) is 39.1 Å². The monoisotopic (exact) mass is 247 g/mol. The third-order valence-corrected chi connectivity index (χ3v) is 3.78. The minimum Gasteiger partial charge on any atom is -0.314 e. The van der Waals surface area contributed by atoms with Gasteiger partial charge in [-0.05, 0) is 24.6 Å². The average molecular weight is 247 g/mol. The second-order valence-electron chi connectivity index (χ2n) is 5.14. The molecule has 0 bridgehead atoms. The molecule has 0 saturated carbocycles. The molecule has 3 heteroatoms. The van der Waals surface area contributed by atoms with E-state index < -0.39 is 0 Å². The van der Waals surface area contributed by atoms with Gasteiger partial charge in [0.15, 0.2) is 0 Å². The Kier molecular flexibility index (Phi) is 5.17. The van der Waals surface area contributed by atoms with Gasteiger partial charge in [0.05, 0.1) is 0 Å². The molecule has 2 rings (SSSR count). The Morgan fingerprint density at radius 3 is 2.67 bits per heavy atom. The highest BCUT2D eigenvalue weighted by atomic mass is 15.2. The van der Waals surface area contributed by atoms with Crippen molar-refractivity contribution in [3.8, 4) is 0 Å². The Bertz CT molecular complexity index is 347. The van der Waals surface area contributed by atoms with Crippen molar-refractivity contribution in [2.24, 2.45) is 0 Å². The van der Waals surface area contributed by atoms with Gasteiger partial charge in [-0.3, -0.25) is 4.90 Å². The molecule has 100 valence electrons. The normalized spacial score (nSPS) is 21.1. The van der Waals surface area contributed by atoms with E-state index in [4.69, 9.17) is 0 Å². The standard InChI is InChI=1S/C15H25N3/c1-3-13-4-6-14(7-5-13)10-17-12-15-11-16-8-9-18(15)2/h4-7,15-17H,3,8-12H2,1-2H3. The van der Waals surface area contributed by atoms with E-state index in [1.807, 2.05) is 0 Å². The fraction of sp³-hybridized carbons (Fsp3) is 0.600. The molecule has 2 N–H and O–H groups in total. The van der Waals surface area contributed by atoms with Crippen molar-refractivity contribution in [3.63, 3.8) is 0 Å². The van der Waals surface area contributed by atoms with Gasteiger partial charge in [0, 0.05) is 38.8 Å². The Morgan fingerprint density at radius 2 is 2.00 bits per heavy atom. The topological polar surface area (TPSA) is 27.3 Å². The van der Waals surface area contributed by atoms with Gasteiger partial charge in [0.2, 0.25) is 0 Å². The fourth-order valence-corrected chi connectivity index (χ4v) is 2.37. The van der Waals surface area contributed by atoms with Crippen molar-refractivity contribution in [3.05, 3.63) is 35.4 Å². The summed E-state index contributed by atoms with van der Waals surface area (Å²) in [6.07, 6.45) is 1.12. The van der Waals surface area contributed by atoms with E-state index in [9.17, 15) is 0 Å². The van der Waals surface area contributed by atoms with E-state index in [-0.39, 0.29) is 0 Å². The summed E-state index contributed by atoms with van der Waals surface area (Å²) in [4.78, 5) is 2.43. The first kappa shape index (κ1) is 13.5. The minimum absolute atomic E-state index is 0.619. The molecule has 1 atom stereocenters. The van der Waals surface area contributed by atoms with Crippen molar-refractivity contribution in [2.45, 2.75) is 25.9 Å². The largest absolute Gasteiger partial charge is 0.314 e. The number of hydrogen-bond donors (Lipinski definition) is 2. The van der Waals surface area contributed by atoms with Gasteiger partial charge in [-0.1, -0.05) is 31.2 Å². The zero-order valence-corrected chi connectivity index (χ0v) is 11.6. The average Bonchev–Trinajstić information content (AvgIpc) is 2.42. The summed E-state index contributed by atoms with van der Waals surface area (Å²) in [6, 6.07) is 9.54. The lowest BCUT2D eigenvalue weighted by atomic mass is 10.1. The van der Waals surface area contributed by atoms with E-state index in [2.05, 4.69) is 53.8 Å². The number of rotatable bonds is 5. The van der Waals surface area contributed by atoms with Crippen molar-refractivity contribution in [1.82, 2.24) is 15.5 Å². The summed E-state index contributed by atoms with van der Waals surface area (Å²) in [5.74, 6) is 0. The molecule has 1 saturated heterocycles. The molecule has 1 unspecified atom stereocenters. The quantitative estimate of drug-likeness (QED) is 0.820. The number of nitrogens with one attached hydrogen (secondary N) is 2. The zero-order chi connectivity index (χ0) is 12.8. The lowest BCUT2D eigenvalue weighted by molar-refractivity contribution is 0.195. The van der Waals surface area contributed by atoms with Crippen molar-refractivity contribution in [2.75, 3.05) is 33.2 Å². The minimum atomic E-state index is 0.619. The molecule has 18 heavy (non-hydrogen) atoms. The highest BCUT2D eigenvalue weighted by molar-refractivity contribution is 5.22. The van der Waals surface area contributed by atoms with Crippen LogP contribution < -0.4 is 10.6 Å². The molecule has 0 amide bonds. The number of nitrogens with zero attached hydrogens (tertiary/aromatic N) is 1. The second-order valence-corrected chi connectivity index (χ2v) is 5.14.